The molecule has 0 aliphatic rings. The Labute approximate surface area is 66.5 Å². The van der Waals surface area contributed by atoms with Crippen LogP contribution in [0.4, 0.5) is 0 Å². The Bertz CT molecular complexity index is 157. The van der Waals surface area contributed by atoms with Gasteiger partial charge in [-0.25, -0.2) is 0 Å². The van der Waals surface area contributed by atoms with E-state index in [1.165, 1.54) is 4.44 Å². The van der Waals surface area contributed by atoms with Crippen LogP contribution < -0.4 is 3.58 Å². The van der Waals surface area contributed by atoms with Crippen LogP contribution in [0.5, 0.6) is 0 Å². The molecule has 1 aromatic carbocycles. The van der Waals surface area contributed by atoms with E-state index in [1.807, 2.05) is 0 Å². The van der Waals surface area contributed by atoms with E-state index in [0.717, 1.165) is 0 Å². The van der Waals surface area contributed by atoms with Crippen LogP contribution in [-0.4, -0.2) is 21.1 Å². The van der Waals surface area contributed by atoms with Gasteiger partial charge in [-0.3, -0.25) is 0 Å². The van der Waals surface area contributed by atoms with Gasteiger partial charge in [-0.05, 0) is 0 Å². The van der Waals surface area contributed by atoms with Crippen LogP contribution in [0.25, 0.3) is 0 Å². The van der Waals surface area contributed by atoms with E-state index in [4.69, 9.17) is 0 Å². The van der Waals surface area contributed by atoms with Crippen LogP contribution in [0.2, 0.25) is 4.44 Å². The Morgan fingerprint density at radius 1 is 1.22 bits per heavy atom. The van der Waals surface area contributed by atoms with Crippen molar-refractivity contribution < 1.29 is 0 Å². The maximum absolute atomic E-state index is 2.28. The predicted octanol–water partition coefficient (Wildman–Crippen LogP) is 1.45. The zero-order valence-electron chi connectivity index (χ0n) is 5.59. The van der Waals surface area contributed by atoms with E-state index in [-0.39, 0.29) is 21.1 Å². The van der Waals surface area contributed by atoms with Gasteiger partial charge in [-0.1, -0.05) is 0 Å². The van der Waals surface area contributed by atoms with Crippen LogP contribution in [-0.2, 0) is 0 Å². The van der Waals surface area contributed by atoms with E-state index >= 15 is 0 Å². The summed E-state index contributed by atoms with van der Waals surface area (Å²) in [6.45, 7) is 2.28. The van der Waals surface area contributed by atoms with Crippen molar-refractivity contribution >= 4 is 24.7 Å². The minimum atomic E-state index is -0.150. The van der Waals surface area contributed by atoms with Crippen molar-refractivity contribution in [2.45, 2.75) is 11.4 Å². The number of hydrogen-bond donors (Lipinski definition) is 0. The van der Waals surface area contributed by atoms with Crippen molar-refractivity contribution in [2.75, 3.05) is 0 Å². The number of benzene rings is 1. The van der Waals surface area contributed by atoms with Crippen molar-refractivity contribution in [3.05, 3.63) is 30.3 Å². The zero-order chi connectivity index (χ0) is 6.53. The molecule has 0 aliphatic heterocycles. The van der Waals surface area contributed by atoms with Gasteiger partial charge in [0.25, 0.3) is 0 Å². The first-order valence-corrected chi connectivity index (χ1v) is 6.67. The van der Waals surface area contributed by atoms with Gasteiger partial charge >= 0.3 is 66.4 Å². The normalized spacial score (nSPS) is 9.44. The van der Waals surface area contributed by atoms with Crippen LogP contribution in [0, 0.1) is 0 Å². The van der Waals surface area contributed by atoms with E-state index in [2.05, 4.69) is 37.3 Å². The van der Waals surface area contributed by atoms with Gasteiger partial charge in [-0.2, -0.15) is 0 Å². The standard InChI is InChI=1S/C6H5.C2H5.Sn/c1-2-4-6-5-3-1;1-2;/h1-5H;1H2,2H3;. The third-order valence-electron chi connectivity index (χ3n) is 1.15. The van der Waals surface area contributed by atoms with Gasteiger partial charge in [0.05, 0.1) is 0 Å². The fourth-order valence-electron chi connectivity index (χ4n) is 0.760. The molecule has 0 amide bonds. The van der Waals surface area contributed by atoms with Crippen molar-refractivity contribution in [3.63, 3.8) is 0 Å². The minimum absolute atomic E-state index is 0.150. The van der Waals surface area contributed by atoms with E-state index in [9.17, 15) is 0 Å². The second-order valence-electron chi connectivity index (χ2n) is 1.90. The molecule has 0 unspecified atom stereocenters. The van der Waals surface area contributed by atoms with Crippen LogP contribution in [0.1, 0.15) is 6.92 Å². The summed E-state index contributed by atoms with van der Waals surface area (Å²) in [5, 5.41) is 0. The molecule has 0 aliphatic carbocycles. The summed E-state index contributed by atoms with van der Waals surface area (Å²) in [6.07, 6.45) is 0. The zero-order valence-corrected chi connectivity index (χ0v) is 8.45. The number of rotatable bonds is 2. The molecule has 0 bridgehead atoms. The molecular formula is C8H10Sn. The van der Waals surface area contributed by atoms with Gasteiger partial charge in [0.15, 0.2) is 0 Å². The first kappa shape index (κ1) is 7.13. The molecule has 0 saturated heterocycles. The van der Waals surface area contributed by atoms with Crippen molar-refractivity contribution in [3.8, 4) is 0 Å². The fourth-order valence-corrected chi connectivity index (χ4v) is 3.15. The molecule has 0 heterocycles. The van der Waals surface area contributed by atoms with Gasteiger partial charge < -0.3 is 0 Å². The molecular weight excluding hydrogens is 215 g/mol. The molecule has 1 aromatic rings. The van der Waals surface area contributed by atoms with Gasteiger partial charge in [0.2, 0.25) is 0 Å². The maximum atomic E-state index is 2.28. The van der Waals surface area contributed by atoms with Crippen LogP contribution in [0.15, 0.2) is 30.3 Å². The Morgan fingerprint density at radius 2 is 1.89 bits per heavy atom. The molecule has 0 N–H and O–H groups in total. The molecule has 1 rings (SSSR count). The SMILES string of the molecule is C[CH2][Sn][c]1ccccc1. The topological polar surface area (TPSA) is 0 Å². The monoisotopic (exact) mass is 226 g/mol. The molecule has 2 radical (unpaired) electrons. The fraction of sp³-hybridized carbons (Fsp3) is 0.250. The van der Waals surface area contributed by atoms with Crippen molar-refractivity contribution in [1.82, 2.24) is 0 Å². The molecule has 0 fully saturated rings. The molecule has 1 heteroatoms. The summed E-state index contributed by atoms with van der Waals surface area (Å²) < 4.78 is 3.02. The van der Waals surface area contributed by atoms with Crippen LogP contribution in [0.3, 0.4) is 0 Å². The van der Waals surface area contributed by atoms with Crippen LogP contribution >= 0.6 is 0 Å². The summed E-state index contributed by atoms with van der Waals surface area (Å²) in [7, 11) is 0. The third kappa shape index (κ3) is 2.39. The Kier molecular flexibility index (Phi) is 3.12. The molecule has 0 spiro atoms. The second-order valence-corrected chi connectivity index (χ2v) is 6.57. The summed E-state index contributed by atoms with van der Waals surface area (Å²) in [5.74, 6) is 0. The van der Waals surface area contributed by atoms with Gasteiger partial charge in [0.1, 0.15) is 0 Å². The first-order chi connectivity index (χ1) is 4.43. The van der Waals surface area contributed by atoms with Gasteiger partial charge in [0, 0.05) is 0 Å². The van der Waals surface area contributed by atoms with E-state index in [0.29, 0.717) is 0 Å². The first-order valence-electron chi connectivity index (χ1n) is 3.22. The molecule has 0 saturated carbocycles. The number of hydrogen-bond acceptors (Lipinski definition) is 0. The second kappa shape index (κ2) is 3.94. The average Bonchev–Trinajstić information content (AvgIpc) is 1.91. The van der Waals surface area contributed by atoms with Crippen molar-refractivity contribution in [1.29, 1.82) is 0 Å². The van der Waals surface area contributed by atoms with Gasteiger partial charge in [-0.15, -0.1) is 0 Å². The molecule has 46 valence electrons. The summed E-state index contributed by atoms with van der Waals surface area (Å²) in [5.41, 5.74) is 0. The summed E-state index contributed by atoms with van der Waals surface area (Å²) in [4.78, 5) is 0. The molecule has 0 atom stereocenters. The van der Waals surface area contributed by atoms with E-state index in [1.54, 1.807) is 3.58 Å². The molecule has 0 nitrogen and oxygen atoms in total. The third-order valence-corrected chi connectivity index (χ3v) is 4.28. The molecule has 9 heavy (non-hydrogen) atoms. The van der Waals surface area contributed by atoms with E-state index < -0.39 is 0 Å². The quantitative estimate of drug-likeness (QED) is 0.668. The Balaban J connectivity index is 2.61. The average molecular weight is 225 g/mol. The summed E-state index contributed by atoms with van der Waals surface area (Å²) >= 11 is -0.150. The predicted molar refractivity (Wildman–Crippen MR) is 42.3 cm³/mol. The van der Waals surface area contributed by atoms with Crippen molar-refractivity contribution in [2.24, 2.45) is 0 Å². The Morgan fingerprint density at radius 3 is 2.44 bits per heavy atom. The molecule has 0 aromatic heterocycles. The Hall–Kier alpha value is 0.0187. The summed E-state index contributed by atoms with van der Waals surface area (Å²) in [6, 6.07) is 10.8.